The average Bonchev–Trinajstić information content (AvgIpc) is 3.42. The zero-order valence-corrected chi connectivity index (χ0v) is 25.1. The Balaban J connectivity index is 1.22. The van der Waals surface area contributed by atoms with E-state index in [0.29, 0.717) is 59.4 Å². The number of carbonyl (C=O) groups excluding carboxylic acids is 1. The van der Waals surface area contributed by atoms with Gasteiger partial charge in [0, 0.05) is 30.2 Å². The highest BCUT2D eigenvalue weighted by atomic mass is 32.2. The van der Waals surface area contributed by atoms with Crippen molar-refractivity contribution in [2.75, 3.05) is 5.32 Å². The molecule has 0 amide bonds. The van der Waals surface area contributed by atoms with E-state index in [9.17, 15) is 18.0 Å². The van der Waals surface area contributed by atoms with Crippen molar-refractivity contribution in [3.8, 4) is 0 Å². The molecule has 11 nitrogen and oxygen atoms in total. The second kappa shape index (κ2) is 10.6. The Hall–Kier alpha value is -3.51. The summed E-state index contributed by atoms with van der Waals surface area (Å²) in [6.45, 7) is 5.80. The van der Waals surface area contributed by atoms with Gasteiger partial charge in [0.2, 0.25) is 10.0 Å². The first-order valence-corrected chi connectivity index (χ1v) is 16.2. The first kappa shape index (κ1) is 28.6. The van der Waals surface area contributed by atoms with E-state index in [4.69, 9.17) is 15.2 Å². The molecule has 0 unspecified atom stereocenters. The van der Waals surface area contributed by atoms with Gasteiger partial charge < -0.3 is 20.4 Å². The molecule has 1 aliphatic heterocycles. The number of fused-ring (bicyclic) bond motifs is 2. The van der Waals surface area contributed by atoms with Gasteiger partial charge >= 0.3 is 5.97 Å². The van der Waals surface area contributed by atoms with Gasteiger partial charge in [-0.05, 0) is 95.5 Å². The van der Waals surface area contributed by atoms with Crippen molar-refractivity contribution < 1.29 is 17.9 Å². The van der Waals surface area contributed by atoms with Crippen LogP contribution in [-0.2, 0) is 26.1 Å². The van der Waals surface area contributed by atoms with Crippen molar-refractivity contribution in [2.45, 2.75) is 101 Å². The Bertz CT molecular complexity index is 1710. The summed E-state index contributed by atoms with van der Waals surface area (Å²) in [6, 6.07) is 6.55. The second-order valence-corrected chi connectivity index (χ2v) is 14.5. The van der Waals surface area contributed by atoms with Crippen LogP contribution in [0.1, 0.15) is 83.7 Å². The number of nitrogens with one attached hydrogen (secondary N) is 3. The van der Waals surface area contributed by atoms with Crippen LogP contribution in [0.5, 0.6) is 0 Å². The topological polar surface area (TPSA) is 150 Å². The van der Waals surface area contributed by atoms with E-state index in [2.05, 4.69) is 10.3 Å². The Morgan fingerprint density at radius 2 is 1.88 bits per heavy atom. The van der Waals surface area contributed by atoms with Crippen LogP contribution in [0.3, 0.4) is 0 Å². The second-order valence-electron chi connectivity index (χ2n) is 12.7. The van der Waals surface area contributed by atoms with Gasteiger partial charge in [-0.3, -0.25) is 14.3 Å². The molecule has 2 aliphatic carbocycles. The zero-order valence-electron chi connectivity index (χ0n) is 24.3. The lowest BCUT2D eigenvalue weighted by atomic mass is 9.86. The lowest BCUT2D eigenvalue weighted by molar-refractivity contribution is -0.161. The molecule has 42 heavy (non-hydrogen) atoms. The van der Waals surface area contributed by atoms with Crippen molar-refractivity contribution in [3.63, 3.8) is 0 Å². The van der Waals surface area contributed by atoms with Gasteiger partial charge in [-0.25, -0.2) is 8.42 Å². The zero-order chi connectivity index (χ0) is 29.8. The van der Waals surface area contributed by atoms with E-state index >= 15 is 0 Å². The van der Waals surface area contributed by atoms with Crippen LogP contribution >= 0.6 is 0 Å². The lowest BCUT2D eigenvalue weighted by Crippen LogP contribution is -2.40. The highest BCUT2D eigenvalue weighted by Gasteiger charge is 2.42. The van der Waals surface area contributed by atoms with E-state index in [-0.39, 0.29) is 41.0 Å². The number of hydrogen-bond donors (Lipinski definition) is 3. The predicted octanol–water partition coefficient (Wildman–Crippen LogP) is 5.01. The summed E-state index contributed by atoms with van der Waals surface area (Å²) in [5.74, 6) is -0.0409. The Morgan fingerprint density at radius 1 is 1.12 bits per heavy atom. The molecule has 1 aromatic carbocycles. The molecule has 1 atom stereocenters. The summed E-state index contributed by atoms with van der Waals surface area (Å²) in [6.07, 6.45) is 7.49. The summed E-state index contributed by atoms with van der Waals surface area (Å²) in [5, 5.41) is 16.9. The molecule has 0 saturated heterocycles. The standard InChI is InChI=1S/C30H38N6O5S/c1-30(2,3)41-29(38)18-8-11-21(12-9-18)35-17-19-16-20(10-13-25(19)42(35,39)40)33-27-26-24(14-15-32-28(26)37)36(34-27)23-7-5-4-6-22(23)31/h10,13-16,18,21,23,31H,4-9,11-12,17H2,1-3H3,(H,32,37)(H,33,34)/t18-,21+,23-/m0/s1. The molecule has 3 aliphatic rings. The fourth-order valence-electron chi connectivity index (χ4n) is 6.55. The number of ether oxygens (including phenoxy) is 1. The minimum absolute atomic E-state index is 0.179. The fraction of sp³-hybridized carbons (Fsp3) is 0.533. The molecule has 224 valence electrons. The number of benzene rings is 1. The number of rotatable bonds is 5. The van der Waals surface area contributed by atoms with Crippen molar-refractivity contribution in [3.05, 3.63) is 46.4 Å². The number of aromatic nitrogens is 3. The maximum absolute atomic E-state index is 13.5. The maximum Gasteiger partial charge on any atom is 0.309 e. The molecule has 6 rings (SSSR count). The Labute approximate surface area is 245 Å². The van der Waals surface area contributed by atoms with Crippen molar-refractivity contribution in [1.82, 2.24) is 19.1 Å². The van der Waals surface area contributed by atoms with E-state index in [1.807, 2.05) is 32.9 Å². The van der Waals surface area contributed by atoms with Crippen molar-refractivity contribution in [1.29, 1.82) is 5.41 Å². The Kier molecular flexibility index (Phi) is 7.25. The molecule has 0 spiro atoms. The number of esters is 1. The molecular weight excluding hydrogens is 556 g/mol. The van der Waals surface area contributed by atoms with Gasteiger partial charge in [0.05, 0.1) is 22.4 Å². The normalized spacial score (nSPS) is 24.5. The first-order chi connectivity index (χ1) is 19.9. The van der Waals surface area contributed by atoms with Crippen LogP contribution in [0.4, 0.5) is 11.5 Å². The summed E-state index contributed by atoms with van der Waals surface area (Å²) in [5.41, 5.74) is 1.76. The van der Waals surface area contributed by atoms with Gasteiger partial charge in [-0.1, -0.05) is 6.42 Å². The molecule has 2 saturated carbocycles. The van der Waals surface area contributed by atoms with E-state index < -0.39 is 15.6 Å². The van der Waals surface area contributed by atoms with Gasteiger partial charge in [0.15, 0.2) is 5.82 Å². The minimum Gasteiger partial charge on any atom is -0.460 e. The monoisotopic (exact) mass is 594 g/mol. The average molecular weight is 595 g/mol. The fourth-order valence-corrected chi connectivity index (χ4v) is 8.41. The van der Waals surface area contributed by atoms with Crippen LogP contribution in [0.15, 0.2) is 40.2 Å². The van der Waals surface area contributed by atoms with Gasteiger partial charge in [-0.15, -0.1) is 0 Å². The lowest BCUT2D eigenvalue weighted by Gasteiger charge is -2.33. The Morgan fingerprint density at radius 3 is 2.60 bits per heavy atom. The number of hydrogen-bond acceptors (Lipinski definition) is 8. The minimum atomic E-state index is -3.67. The largest absolute Gasteiger partial charge is 0.460 e. The third-order valence-electron chi connectivity index (χ3n) is 8.58. The molecule has 3 N–H and O–H groups in total. The number of sulfonamides is 1. The number of aromatic amines is 1. The SMILES string of the molecule is CC(C)(C)OC(=O)[C@H]1CC[C@@H](N2Cc3cc(Nc4nn([C@H]5CCCCC5=N)c5cc[nH]c(=O)c45)ccc3S2(=O)=O)CC1. The number of anilines is 2. The number of pyridine rings is 1. The summed E-state index contributed by atoms with van der Waals surface area (Å²) < 4.78 is 35.9. The van der Waals surface area contributed by atoms with Crippen LogP contribution in [0, 0.1) is 11.3 Å². The van der Waals surface area contributed by atoms with Crippen molar-refractivity contribution >= 4 is 44.1 Å². The highest BCUT2D eigenvalue weighted by Crippen LogP contribution is 2.39. The number of nitrogens with zero attached hydrogens (tertiary/aromatic N) is 3. The summed E-state index contributed by atoms with van der Waals surface area (Å²) in [7, 11) is -3.67. The quantitative estimate of drug-likeness (QED) is 0.352. The number of H-pyrrole nitrogens is 1. The first-order valence-electron chi connectivity index (χ1n) is 14.7. The molecule has 2 aromatic heterocycles. The van der Waals surface area contributed by atoms with Crippen LogP contribution in [0.25, 0.3) is 10.9 Å². The van der Waals surface area contributed by atoms with E-state index in [0.717, 1.165) is 25.7 Å². The third-order valence-corrected chi connectivity index (χ3v) is 10.6. The maximum atomic E-state index is 13.5. The predicted molar refractivity (Wildman–Crippen MR) is 160 cm³/mol. The van der Waals surface area contributed by atoms with E-state index in [1.165, 1.54) is 0 Å². The van der Waals surface area contributed by atoms with Gasteiger partial charge in [-0.2, -0.15) is 9.40 Å². The number of carbonyl (C=O) groups is 1. The van der Waals surface area contributed by atoms with Crippen molar-refractivity contribution in [2.24, 2.45) is 5.92 Å². The molecule has 3 heterocycles. The molecule has 2 fully saturated rings. The third kappa shape index (κ3) is 5.26. The van der Waals surface area contributed by atoms with Gasteiger partial charge in [0.1, 0.15) is 11.0 Å². The van der Waals surface area contributed by atoms with E-state index in [1.54, 1.807) is 27.3 Å². The van der Waals surface area contributed by atoms with Crippen LogP contribution in [0.2, 0.25) is 0 Å². The molecule has 12 heteroatoms. The van der Waals surface area contributed by atoms with Crippen LogP contribution < -0.4 is 10.9 Å². The molecule has 3 aromatic rings. The summed E-state index contributed by atoms with van der Waals surface area (Å²) in [4.78, 5) is 28.4. The molecule has 0 radical (unpaired) electrons. The van der Waals surface area contributed by atoms with Gasteiger partial charge in [0.25, 0.3) is 5.56 Å². The summed E-state index contributed by atoms with van der Waals surface area (Å²) >= 11 is 0. The smallest absolute Gasteiger partial charge is 0.309 e. The molecular formula is C30H38N6O5S. The van der Waals surface area contributed by atoms with Crippen LogP contribution in [-0.4, -0.2) is 50.8 Å². The molecule has 0 bridgehead atoms. The highest BCUT2D eigenvalue weighted by molar-refractivity contribution is 7.89.